The van der Waals surface area contributed by atoms with Crippen molar-refractivity contribution in [2.75, 3.05) is 6.61 Å². The van der Waals surface area contributed by atoms with Gasteiger partial charge >= 0.3 is 0 Å². The molecule has 4 aromatic rings. The standard InChI is InChI=1S/C38H42O5/c1-29(2)23-34-36(40-25-31-17-9-4-10-18-31)38(42-27-33-21-13-6-14-22-33)37(41-26-32-19-11-5-12-20-32)35(43-34)28-39-24-30-15-7-3-8-16-30/h3-22,34-38H,1,23-28H2,2H3/t34-,35+,36-,37-,38+/m0/s1. The van der Waals surface area contributed by atoms with Crippen molar-refractivity contribution in [2.45, 2.75) is 70.3 Å². The van der Waals surface area contributed by atoms with Crippen molar-refractivity contribution in [3.63, 3.8) is 0 Å². The molecule has 1 saturated heterocycles. The van der Waals surface area contributed by atoms with Crippen LogP contribution in [-0.2, 0) is 50.1 Å². The molecule has 0 saturated carbocycles. The molecule has 5 atom stereocenters. The molecule has 0 spiro atoms. The van der Waals surface area contributed by atoms with Crippen molar-refractivity contribution in [1.82, 2.24) is 0 Å². The van der Waals surface area contributed by atoms with Crippen LogP contribution >= 0.6 is 0 Å². The van der Waals surface area contributed by atoms with E-state index in [1.54, 1.807) is 0 Å². The Balaban J connectivity index is 1.42. The van der Waals surface area contributed by atoms with Crippen LogP contribution in [0.5, 0.6) is 0 Å². The Hall–Kier alpha value is -3.58. The molecule has 224 valence electrons. The van der Waals surface area contributed by atoms with Gasteiger partial charge in [-0.15, -0.1) is 6.58 Å². The van der Waals surface area contributed by atoms with Crippen LogP contribution in [0.3, 0.4) is 0 Å². The van der Waals surface area contributed by atoms with Crippen LogP contribution < -0.4 is 0 Å². The van der Waals surface area contributed by atoms with E-state index in [0.29, 0.717) is 39.5 Å². The highest BCUT2D eigenvalue weighted by molar-refractivity contribution is 5.17. The fourth-order valence-electron chi connectivity index (χ4n) is 5.39. The number of rotatable bonds is 15. The number of ether oxygens (including phenoxy) is 5. The Morgan fingerprint density at radius 1 is 0.535 bits per heavy atom. The van der Waals surface area contributed by atoms with E-state index in [-0.39, 0.29) is 18.3 Å². The van der Waals surface area contributed by atoms with Gasteiger partial charge in [-0.25, -0.2) is 0 Å². The molecule has 0 aliphatic carbocycles. The van der Waals surface area contributed by atoms with Crippen molar-refractivity contribution in [2.24, 2.45) is 0 Å². The van der Waals surface area contributed by atoms with Crippen molar-refractivity contribution in [1.29, 1.82) is 0 Å². The molecule has 0 unspecified atom stereocenters. The molecule has 1 heterocycles. The fraction of sp³-hybridized carbons (Fsp3) is 0.316. The topological polar surface area (TPSA) is 46.2 Å². The molecule has 0 amide bonds. The average Bonchev–Trinajstić information content (AvgIpc) is 3.04. The third-order valence-electron chi connectivity index (χ3n) is 7.53. The highest BCUT2D eigenvalue weighted by Gasteiger charge is 2.48. The smallest absolute Gasteiger partial charge is 0.115 e. The molecule has 1 aliphatic rings. The normalized spacial score (nSPS) is 21.8. The van der Waals surface area contributed by atoms with Crippen molar-refractivity contribution in [3.05, 3.63) is 156 Å². The van der Waals surface area contributed by atoms with Crippen LogP contribution in [0.2, 0.25) is 0 Å². The summed E-state index contributed by atoms with van der Waals surface area (Å²) in [5, 5.41) is 0. The lowest BCUT2D eigenvalue weighted by atomic mass is 9.91. The summed E-state index contributed by atoms with van der Waals surface area (Å²) in [5.41, 5.74) is 5.39. The highest BCUT2D eigenvalue weighted by Crippen LogP contribution is 2.33. The monoisotopic (exact) mass is 578 g/mol. The number of benzene rings is 4. The van der Waals surface area contributed by atoms with Gasteiger partial charge in [0.25, 0.3) is 0 Å². The lowest BCUT2D eigenvalue weighted by Crippen LogP contribution is -2.61. The first-order valence-corrected chi connectivity index (χ1v) is 15.0. The van der Waals surface area contributed by atoms with E-state index in [0.717, 1.165) is 27.8 Å². The molecule has 0 N–H and O–H groups in total. The highest BCUT2D eigenvalue weighted by atomic mass is 16.6. The summed E-state index contributed by atoms with van der Waals surface area (Å²) >= 11 is 0. The van der Waals surface area contributed by atoms with E-state index < -0.39 is 12.2 Å². The summed E-state index contributed by atoms with van der Waals surface area (Å²) in [4.78, 5) is 0. The van der Waals surface area contributed by atoms with Crippen LogP contribution in [0, 0.1) is 0 Å². The van der Waals surface area contributed by atoms with Gasteiger partial charge in [0.1, 0.15) is 24.4 Å². The van der Waals surface area contributed by atoms with Crippen LogP contribution in [0.4, 0.5) is 0 Å². The quantitative estimate of drug-likeness (QED) is 0.135. The van der Waals surface area contributed by atoms with E-state index in [1.807, 2.05) is 79.7 Å². The van der Waals surface area contributed by atoms with Gasteiger partial charge in [0.05, 0.1) is 39.1 Å². The van der Waals surface area contributed by atoms with Crippen molar-refractivity contribution < 1.29 is 23.7 Å². The summed E-state index contributed by atoms with van der Waals surface area (Å²) in [6.07, 6.45) is -1.21. The summed E-state index contributed by atoms with van der Waals surface area (Å²) in [5.74, 6) is 0. The van der Waals surface area contributed by atoms with E-state index in [2.05, 4.69) is 55.1 Å². The second kappa shape index (κ2) is 16.3. The van der Waals surface area contributed by atoms with E-state index >= 15 is 0 Å². The first kappa shape index (κ1) is 30.9. The van der Waals surface area contributed by atoms with Gasteiger partial charge in [-0.2, -0.15) is 0 Å². The minimum Gasteiger partial charge on any atom is -0.374 e. The summed E-state index contributed by atoms with van der Waals surface area (Å²) < 4.78 is 33.2. The lowest BCUT2D eigenvalue weighted by Gasteiger charge is -2.46. The third-order valence-corrected chi connectivity index (χ3v) is 7.53. The maximum absolute atomic E-state index is 6.80. The fourth-order valence-corrected chi connectivity index (χ4v) is 5.39. The van der Waals surface area contributed by atoms with Gasteiger partial charge in [-0.05, 0) is 35.6 Å². The Kier molecular flexibility index (Phi) is 11.7. The van der Waals surface area contributed by atoms with Gasteiger partial charge in [-0.3, -0.25) is 0 Å². The molecule has 43 heavy (non-hydrogen) atoms. The van der Waals surface area contributed by atoms with Gasteiger partial charge in [0.15, 0.2) is 0 Å². The van der Waals surface area contributed by atoms with Gasteiger partial charge in [0.2, 0.25) is 0 Å². The molecular weight excluding hydrogens is 536 g/mol. The zero-order chi connectivity index (χ0) is 29.7. The Labute approximate surface area is 256 Å². The van der Waals surface area contributed by atoms with Crippen molar-refractivity contribution >= 4 is 0 Å². The van der Waals surface area contributed by atoms with Crippen LogP contribution in [0.15, 0.2) is 133 Å². The first-order chi connectivity index (χ1) is 21.2. The third kappa shape index (κ3) is 9.45. The van der Waals surface area contributed by atoms with E-state index in [1.165, 1.54) is 0 Å². The van der Waals surface area contributed by atoms with Gasteiger partial charge in [0, 0.05) is 0 Å². The summed E-state index contributed by atoms with van der Waals surface area (Å²) in [6.45, 7) is 8.36. The van der Waals surface area contributed by atoms with Crippen LogP contribution in [0.25, 0.3) is 0 Å². The number of hydrogen-bond acceptors (Lipinski definition) is 5. The molecule has 0 radical (unpaired) electrons. The molecular formula is C38H42O5. The number of hydrogen-bond donors (Lipinski definition) is 0. The second-order valence-corrected chi connectivity index (χ2v) is 11.2. The molecule has 1 fully saturated rings. The van der Waals surface area contributed by atoms with E-state index in [9.17, 15) is 0 Å². The van der Waals surface area contributed by atoms with E-state index in [4.69, 9.17) is 23.7 Å². The largest absolute Gasteiger partial charge is 0.374 e. The zero-order valence-corrected chi connectivity index (χ0v) is 24.9. The maximum atomic E-state index is 6.80. The molecule has 0 aromatic heterocycles. The lowest BCUT2D eigenvalue weighted by molar-refractivity contribution is -0.272. The minimum atomic E-state index is -0.429. The molecule has 5 nitrogen and oxygen atoms in total. The van der Waals surface area contributed by atoms with Crippen LogP contribution in [0.1, 0.15) is 35.6 Å². The van der Waals surface area contributed by atoms with Gasteiger partial charge < -0.3 is 23.7 Å². The minimum absolute atomic E-state index is 0.274. The molecule has 4 aromatic carbocycles. The van der Waals surface area contributed by atoms with Crippen molar-refractivity contribution in [3.8, 4) is 0 Å². The first-order valence-electron chi connectivity index (χ1n) is 15.0. The predicted octanol–water partition coefficient (Wildman–Crippen LogP) is 7.69. The molecule has 5 rings (SSSR count). The average molecular weight is 579 g/mol. The molecule has 5 heteroatoms. The molecule has 0 bridgehead atoms. The Morgan fingerprint density at radius 2 is 0.907 bits per heavy atom. The Bertz CT molecular complexity index is 1350. The maximum Gasteiger partial charge on any atom is 0.115 e. The summed E-state index contributed by atoms with van der Waals surface area (Å²) in [6, 6.07) is 40.8. The SMILES string of the molecule is C=C(C)C[C@@H]1O[C@H](COCc2ccccc2)[C@H](OCc2ccccc2)[C@H](OCc2ccccc2)[C@H]1OCc1ccccc1. The Morgan fingerprint density at radius 3 is 1.33 bits per heavy atom. The molecule has 1 aliphatic heterocycles. The van der Waals surface area contributed by atoms with Gasteiger partial charge in [-0.1, -0.05) is 127 Å². The predicted molar refractivity (Wildman–Crippen MR) is 169 cm³/mol. The second-order valence-electron chi connectivity index (χ2n) is 11.2. The zero-order valence-electron chi connectivity index (χ0n) is 24.9. The summed E-state index contributed by atoms with van der Waals surface area (Å²) in [7, 11) is 0. The van der Waals surface area contributed by atoms with Crippen LogP contribution in [-0.4, -0.2) is 37.1 Å².